The zero-order valence-electron chi connectivity index (χ0n) is 15.6. The third-order valence-corrected chi connectivity index (χ3v) is 4.23. The van der Waals surface area contributed by atoms with Gasteiger partial charge in [-0.2, -0.15) is 5.10 Å². The largest absolute Gasteiger partial charge is 0.465 e. The maximum Gasteiger partial charge on any atom is 0.343 e. The molecule has 0 saturated heterocycles. The molecule has 2 unspecified atom stereocenters. The molecule has 0 radical (unpaired) electrons. The van der Waals surface area contributed by atoms with E-state index in [-0.39, 0.29) is 24.5 Å². The predicted molar refractivity (Wildman–Crippen MR) is 94.2 cm³/mol. The van der Waals surface area contributed by atoms with Crippen molar-refractivity contribution in [2.45, 2.75) is 53.5 Å². The van der Waals surface area contributed by atoms with E-state index in [0.717, 1.165) is 12.1 Å². The van der Waals surface area contributed by atoms with Gasteiger partial charge in [0, 0.05) is 5.71 Å². The minimum Gasteiger partial charge on any atom is -0.465 e. The smallest absolute Gasteiger partial charge is 0.343 e. The van der Waals surface area contributed by atoms with Crippen molar-refractivity contribution in [3.05, 3.63) is 11.8 Å². The monoisotopic (exact) mass is 349 g/mol. The Morgan fingerprint density at radius 1 is 1.20 bits per heavy atom. The van der Waals surface area contributed by atoms with E-state index >= 15 is 0 Å². The van der Waals surface area contributed by atoms with Gasteiger partial charge in [-0.15, -0.1) is 0 Å². The minimum atomic E-state index is -0.484. The Bertz CT molecular complexity index is 663. The summed E-state index contributed by atoms with van der Waals surface area (Å²) < 4.78 is 12.1. The van der Waals surface area contributed by atoms with Crippen LogP contribution in [0.1, 0.15) is 63.9 Å². The van der Waals surface area contributed by atoms with Gasteiger partial charge < -0.3 is 9.47 Å². The number of nitrogens with zero attached hydrogens (tertiary/aromatic N) is 3. The molecule has 2 heterocycles. The molecule has 2 atom stereocenters. The van der Waals surface area contributed by atoms with Crippen molar-refractivity contribution in [2.24, 2.45) is 16.8 Å². The van der Waals surface area contributed by atoms with Crippen LogP contribution in [0.4, 0.5) is 5.82 Å². The molecule has 1 aromatic rings. The quantitative estimate of drug-likeness (QED) is 0.705. The number of carbonyl (C=O) groups is 2. The van der Waals surface area contributed by atoms with Gasteiger partial charge in [0.05, 0.1) is 25.5 Å². The second-order valence-electron chi connectivity index (χ2n) is 6.36. The highest BCUT2D eigenvalue weighted by atomic mass is 16.5. The van der Waals surface area contributed by atoms with Crippen molar-refractivity contribution in [3.8, 4) is 0 Å². The second-order valence-corrected chi connectivity index (χ2v) is 6.36. The first-order chi connectivity index (χ1) is 12.0. The first kappa shape index (κ1) is 19.1. The lowest BCUT2D eigenvalue weighted by atomic mass is 9.84. The molecule has 0 bridgehead atoms. The van der Waals surface area contributed by atoms with Gasteiger partial charge in [0.25, 0.3) is 0 Å². The van der Waals surface area contributed by atoms with Crippen LogP contribution < -0.4 is 0 Å². The summed E-state index contributed by atoms with van der Waals surface area (Å²) in [5.74, 6) is -0.623. The number of esters is 2. The third kappa shape index (κ3) is 3.75. The highest BCUT2D eigenvalue weighted by Crippen LogP contribution is 2.39. The highest BCUT2D eigenvalue weighted by molar-refractivity contribution is 6.06. The van der Waals surface area contributed by atoms with Gasteiger partial charge in [0.2, 0.25) is 0 Å². The highest BCUT2D eigenvalue weighted by Gasteiger charge is 2.42. The Morgan fingerprint density at radius 3 is 2.44 bits per heavy atom. The summed E-state index contributed by atoms with van der Waals surface area (Å²) in [6, 6.07) is -0.240. The van der Waals surface area contributed by atoms with Gasteiger partial charge in [-0.1, -0.05) is 27.2 Å². The van der Waals surface area contributed by atoms with E-state index in [4.69, 9.17) is 9.47 Å². The summed E-state index contributed by atoms with van der Waals surface area (Å²) in [5.41, 5.74) is 1.08. The number of hydrogen-bond acceptors (Lipinski definition) is 6. The fourth-order valence-electron chi connectivity index (χ4n) is 3.22. The Hall–Kier alpha value is -2.18. The molecule has 1 aliphatic rings. The summed E-state index contributed by atoms with van der Waals surface area (Å²) in [6.07, 6.45) is 2.99. The summed E-state index contributed by atoms with van der Waals surface area (Å²) in [6.45, 7) is 10.2. The van der Waals surface area contributed by atoms with Crippen LogP contribution in [0.3, 0.4) is 0 Å². The van der Waals surface area contributed by atoms with Crippen LogP contribution in [0.15, 0.2) is 11.2 Å². The van der Waals surface area contributed by atoms with Gasteiger partial charge in [0.15, 0.2) is 5.82 Å². The molecule has 7 heteroatoms. The van der Waals surface area contributed by atoms with Gasteiger partial charge >= 0.3 is 11.9 Å². The summed E-state index contributed by atoms with van der Waals surface area (Å²) >= 11 is 0. The van der Waals surface area contributed by atoms with E-state index in [2.05, 4.69) is 10.1 Å². The number of aromatic nitrogens is 2. The molecule has 25 heavy (non-hydrogen) atoms. The zero-order valence-corrected chi connectivity index (χ0v) is 15.6. The fourth-order valence-corrected chi connectivity index (χ4v) is 3.22. The Balaban J connectivity index is 2.56. The van der Waals surface area contributed by atoms with Crippen molar-refractivity contribution in [1.82, 2.24) is 9.78 Å². The third-order valence-electron chi connectivity index (χ3n) is 4.23. The van der Waals surface area contributed by atoms with Crippen LogP contribution in [0.25, 0.3) is 0 Å². The number of carbonyl (C=O) groups excluding carboxylic acids is 2. The SMILES string of the molecule is CCCC1=Nc2c(C(=O)OCC)cnn2C(C(C)C)C1C(=O)OCC. The molecule has 0 amide bonds. The lowest BCUT2D eigenvalue weighted by molar-refractivity contribution is -0.147. The van der Waals surface area contributed by atoms with Crippen molar-refractivity contribution < 1.29 is 19.1 Å². The fraction of sp³-hybridized carbons (Fsp3) is 0.667. The Morgan fingerprint density at radius 2 is 1.88 bits per heavy atom. The molecule has 1 aromatic heterocycles. The van der Waals surface area contributed by atoms with Crippen molar-refractivity contribution in [3.63, 3.8) is 0 Å². The van der Waals surface area contributed by atoms with Crippen LogP contribution in [0.5, 0.6) is 0 Å². The predicted octanol–water partition coefficient (Wildman–Crippen LogP) is 3.32. The molecule has 1 aliphatic heterocycles. The molecule has 0 spiro atoms. The zero-order chi connectivity index (χ0) is 18.6. The molecular weight excluding hydrogens is 322 g/mol. The average Bonchev–Trinajstić information content (AvgIpc) is 2.97. The number of ether oxygens (including phenoxy) is 2. The first-order valence-electron chi connectivity index (χ1n) is 8.94. The molecule has 0 saturated carbocycles. The Labute approximate surface area is 148 Å². The van der Waals surface area contributed by atoms with E-state index in [0.29, 0.717) is 24.4 Å². The summed E-state index contributed by atoms with van der Waals surface area (Å²) in [7, 11) is 0. The maximum atomic E-state index is 12.6. The minimum absolute atomic E-state index is 0.116. The molecule has 138 valence electrons. The second kappa shape index (κ2) is 8.27. The van der Waals surface area contributed by atoms with Gasteiger partial charge in [-0.25, -0.2) is 14.5 Å². The van der Waals surface area contributed by atoms with Crippen molar-refractivity contribution >= 4 is 23.5 Å². The Kier molecular flexibility index (Phi) is 6.33. The van der Waals surface area contributed by atoms with Crippen LogP contribution in [0, 0.1) is 11.8 Å². The van der Waals surface area contributed by atoms with Crippen LogP contribution in [0.2, 0.25) is 0 Å². The van der Waals surface area contributed by atoms with E-state index in [1.807, 2.05) is 20.8 Å². The topological polar surface area (TPSA) is 82.8 Å². The average molecular weight is 349 g/mol. The van der Waals surface area contributed by atoms with Gasteiger partial charge in [-0.05, 0) is 26.2 Å². The molecular formula is C18H27N3O4. The molecule has 0 aromatic carbocycles. The maximum absolute atomic E-state index is 12.6. The van der Waals surface area contributed by atoms with Crippen molar-refractivity contribution in [1.29, 1.82) is 0 Å². The first-order valence-corrected chi connectivity index (χ1v) is 8.94. The molecule has 2 rings (SSSR count). The number of fused-ring (bicyclic) bond motifs is 1. The van der Waals surface area contributed by atoms with E-state index in [9.17, 15) is 9.59 Å². The van der Waals surface area contributed by atoms with Gasteiger partial charge in [-0.3, -0.25) is 4.79 Å². The van der Waals surface area contributed by atoms with Crippen LogP contribution in [-0.4, -0.2) is 40.6 Å². The molecule has 0 fully saturated rings. The number of rotatable bonds is 7. The van der Waals surface area contributed by atoms with Crippen LogP contribution >= 0.6 is 0 Å². The van der Waals surface area contributed by atoms with E-state index in [1.54, 1.807) is 18.5 Å². The van der Waals surface area contributed by atoms with Gasteiger partial charge in [0.1, 0.15) is 11.5 Å². The number of aliphatic imine (C=N–C) groups is 1. The van der Waals surface area contributed by atoms with E-state index < -0.39 is 11.9 Å². The number of hydrogen-bond donors (Lipinski definition) is 0. The molecule has 7 nitrogen and oxygen atoms in total. The normalized spacial score (nSPS) is 19.4. The van der Waals surface area contributed by atoms with E-state index in [1.165, 1.54) is 6.20 Å². The molecule has 0 aliphatic carbocycles. The molecule has 0 N–H and O–H groups in total. The lowest BCUT2D eigenvalue weighted by Gasteiger charge is -2.34. The lowest BCUT2D eigenvalue weighted by Crippen LogP contribution is -2.40. The summed E-state index contributed by atoms with van der Waals surface area (Å²) in [5, 5.41) is 4.35. The van der Waals surface area contributed by atoms with Crippen molar-refractivity contribution in [2.75, 3.05) is 13.2 Å². The van der Waals surface area contributed by atoms with Crippen LogP contribution in [-0.2, 0) is 14.3 Å². The standard InChI is InChI=1S/C18H27N3O4/c1-6-9-13-14(18(23)25-8-3)15(11(4)5)21-16(20-13)12(10-19-21)17(22)24-7-2/h10-11,14-15H,6-9H2,1-5H3. The summed E-state index contributed by atoms with van der Waals surface area (Å²) in [4.78, 5) is 29.4.